The summed E-state index contributed by atoms with van der Waals surface area (Å²) in [5, 5.41) is 0. The van der Waals surface area contributed by atoms with Gasteiger partial charge in [0.05, 0.1) is 24.6 Å². The molecule has 3 aromatic heterocycles. The number of carbonyl (C=O) groups excluding carboxylic acids is 1. The van der Waals surface area contributed by atoms with Gasteiger partial charge >= 0.3 is 6.18 Å². The van der Waals surface area contributed by atoms with Gasteiger partial charge in [0.2, 0.25) is 0 Å². The molecule has 5 rings (SSSR count). The summed E-state index contributed by atoms with van der Waals surface area (Å²) in [6, 6.07) is 10.5. The van der Waals surface area contributed by atoms with Gasteiger partial charge in [-0.05, 0) is 23.3 Å². The number of hydrogen-bond donors (Lipinski definition) is 0. The second-order valence-corrected chi connectivity index (χ2v) is 7.35. The van der Waals surface area contributed by atoms with Gasteiger partial charge in [0, 0.05) is 36.6 Å². The quantitative estimate of drug-likeness (QED) is 0.452. The van der Waals surface area contributed by atoms with E-state index < -0.39 is 11.7 Å². The Kier molecular flexibility index (Phi) is 4.25. The summed E-state index contributed by atoms with van der Waals surface area (Å²) in [4.78, 5) is 18.8. The van der Waals surface area contributed by atoms with Crippen molar-refractivity contribution in [3.8, 4) is 11.1 Å². The smallest absolute Gasteiger partial charge is 0.420 e. The van der Waals surface area contributed by atoms with Gasteiger partial charge in [0.15, 0.2) is 5.78 Å². The van der Waals surface area contributed by atoms with Crippen LogP contribution >= 0.6 is 0 Å². The van der Waals surface area contributed by atoms with Gasteiger partial charge in [-0.25, -0.2) is 4.98 Å². The van der Waals surface area contributed by atoms with Gasteiger partial charge in [-0.2, -0.15) is 13.2 Å². The number of halogens is 3. The number of nitrogens with zero attached hydrogens (tertiary/aromatic N) is 3. The van der Waals surface area contributed by atoms with E-state index in [1.54, 1.807) is 6.07 Å². The molecule has 0 N–H and O–H groups in total. The van der Waals surface area contributed by atoms with Crippen LogP contribution in [0.2, 0.25) is 0 Å². The van der Waals surface area contributed by atoms with E-state index in [0.29, 0.717) is 24.2 Å². The van der Waals surface area contributed by atoms with E-state index in [1.165, 1.54) is 29.3 Å². The fraction of sp³-hybridized carbons (Fsp3) is 0.182. The summed E-state index contributed by atoms with van der Waals surface area (Å²) in [5.41, 5.74) is 1.99. The molecule has 8 heteroatoms. The van der Waals surface area contributed by atoms with Crippen molar-refractivity contribution in [2.45, 2.75) is 19.3 Å². The number of hydrogen-bond acceptors (Lipinski definition) is 4. The normalized spacial score (nSPS) is 14.4. The first-order valence-electron chi connectivity index (χ1n) is 9.33. The standard InChI is InChI=1S/C22H16F3N3O2/c23-22(24,25)18-7-17(16-5-6-30-13-16)10-28-11-19(26-21(18)28)20(29)12-27-8-14-3-1-2-4-15(14)9-27/h1-7,10-11,13H,8-9,12H2. The molecule has 0 atom stereocenters. The van der Waals surface area contributed by atoms with Crippen LogP contribution in [0.3, 0.4) is 0 Å². The molecule has 0 spiro atoms. The van der Waals surface area contributed by atoms with Crippen LogP contribution in [0.15, 0.2) is 65.7 Å². The van der Waals surface area contributed by atoms with Gasteiger partial charge in [-0.15, -0.1) is 0 Å². The largest absolute Gasteiger partial charge is 0.472 e. The van der Waals surface area contributed by atoms with Crippen LogP contribution in [0.1, 0.15) is 27.2 Å². The zero-order valence-electron chi connectivity index (χ0n) is 15.7. The number of carbonyl (C=O) groups is 1. The lowest BCUT2D eigenvalue weighted by Crippen LogP contribution is -2.25. The van der Waals surface area contributed by atoms with E-state index in [1.807, 2.05) is 29.2 Å². The number of furan rings is 1. The lowest BCUT2D eigenvalue weighted by Gasteiger charge is -2.12. The number of ketones is 1. The summed E-state index contributed by atoms with van der Waals surface area (Å²) in [7, 11) is 0. The van der Waals surface area contributed by atoms with Crippen LogP contribution in [-0.4, -0.2) is 26.6 Å². The van der Waals surface area contributed by atoms with Gasteiger partial charge in [-0.3, -0.25) is 9.69 Å². The Morgan fingerprint density at radius 2 is 1.80 bits per heavy atom. The Morgan fingerprint density at radius 3 is 2.43 bits per heavy atom. The fourth-order valence-corrected chi connectivity index (χ4v) is 3.83. The minimum absolute atomic E-state index is 0.0146. The van der Waals surface area contributed by atoms with Crippen LogP contribution in [-0.2, 0) is 19.3 Å². The number of alkyl halides is 3. The first kappa shape index (κ1) is 18.6. The minimum atomic E-state index is -4.61. The number of fused-ring (bicyclic) bond motifs is 2. The molecular weight excluding hydrogens is 395 g/mol. The summed E-state index contributed by atoms with van der Waals surface area (Å²) >= 11 is 0. The molecule has 0 fully saturated rings. The van der Waals surface area contributed by atoms with Crippen LogP contribution in [0.4, 0.5) is 13.2 Å². The minimum Gasteiger partial charge on any atom is -0.472 e. The average molecular weight is 411 g/mol. The van der Waals surface area contributed by atoms with Crippen molar-refractivity contribution >= 4 is 11.4 Å². The van der Waals surface area contributed by atoms with E-state index >= 15 is 0 Å². The molecule has 4 heterocycles. The van der Waals surface area contributed by atoms with Crippen LogP contribution in [0, 0.1) is 0 Å². The highest BCUT2D eigenvalue weighted by Crippen LogP contribution is 2.35. The highest BCUT2D eigenvalue weighted by atomic mass is 19.4. The topological polar surface area (TPSA) is 50.8 Å². The molecule has 4 aromatic rings. The Morgan fingerprint density at radius 1 is 1.07 bits per heavy atom. The van der Waals surface area contributed by atoms with Crippen molar-refractivity contribution in [1.82, 2.24) is 14.3 Å². The Labute approximate surface area is 169 Å². The SMILES string of the molecule is O=C(CN1Cc2ccccc2C1)c1cn2cc(-c3ccoc3)cc(C(F)(F)F)c2n1. The summed E-state index contributed by atoms with van der Waals surface area (Å²) in [5.74, 6) is -0.315. The molecule has 0 bridgehead atoms. The molecule has 1 aromatic carbocycles. The molecular formula is C22H16F3N3O2. The van der Waals surface area contributed by atoms with Gasteiger partial charge in [-0.1, -0.05) is 24.3 Å². The highest BCUT2D eigenvalue weighted by molar-refractivity contribution is 5.96. The lowest BCUT2D eigenvalue weighted by molar-refractivity contribution is -0.136. The molecule has 5 nitrogen and oxygen atoms in total. The van der Waals surface area contributed by atoms with E-state index in [2.05, 4.69) is 4.98 Å². The second-order valence-electron chi connectivity index (χ2n) is 7.35. The van der Waals surface area contributed by atoms with E-state index in [4.69, 9.17) is 4.42 Å². The fourth-order valence-electron chi connectivity index (χ4n) is 3.83. The predicted molar refractivity (Wildman–Crippen MR) is 103 cm³/mol. The highest BCUT2D eigenvalue weighted by Gasteiger charge is 2.35. The van der Waals surface area contributed by atoms with Crippen LogP contribution in [0.5, 0.6) is 0 Å². The number of imidazole rings is 1. The first-order chi connectivity index (χ1) is 14.4. The van der Waals surface area contributed by atoms with Crippen molar-refractivity contribution in [3.05, 3.63) is 83.7 Å². The second kappa shape index (κ2) is 6.84. The zero-order valence-corrected chi connectivity index (χ0v) is 15.7. The zero-order chi connectivity index (χ0) is 20.9. The third kappa shape index (κ3) is 3.29. The molecule has 30 heavy (non-hydrogen) atoms. The average Bonchev–Trinajstić information content (AvgIpc) is 3.44. The molecule has 0 saturated carbocycles. The number of rotatable bonds is 4. The summed E-state index contributed by atoms with van der Waals surface area (Å²) in [6.07, 6.45) is 1.03. The van der Waals surface area contributed by atoms with E-state index in [9.17, 15) is 18.0 Å². The number of aromatic nitrogens is 2. The number of pyridine rings is 1. The maximum Gasteiger partial charge on any atom is 0.420 e. The van der Waals surface area contributed by atoms with Crippen molar-refractivity contribution in [1.29, 1.82) is 0 Å². The van der Waals surface area contributed by atoms with E-state index in [-0.39, 0.29) is 23.7 Å². The molecule has 0 unspecified atom stereocenters. The molecule has 0 saturated heterocycles. The summed E-state index contributed by atoms with van der Waals surface area (Å²) in [6.45, 7) is 1.36. The van der Waals surface area contributed by atoms with Crippen molar-refractivity contribution in [3.63, 3.8) is 0 Å². The van der Waals surface area contributed by atoms with Crippen molar-refractivity contribution < 1.29 is 22.4 Å². The van der Waals surface area contributed by atoms with Gasteiger partial charge in [0.25, 0.3) is 0 Å². The first-order valence-corrected chi connectivity index (χ1v) is 9.33. The Balaban J connectivity index is 1.48. The molecule has 0 aliphatic carbocycles. The third-order valence-electron chi connectivity index (χ3n) is 5.27. The predicted octanol–water partition coefficient (Wildman–Crippen LogP) is 4.81. The monoisotopic (exact) mass is 411 g/mol. The Hall–Kier alpha value is -3.39. The van der Waals surface area contributed by atoms with E-state index in [0.717, 1.165) is 17.2 Å². The molecule has 1 aliphatic heterocycles. The molecule has 1 aliphatic rings. The molecule has 152 valence electrons. The third-order valence-corrected chi connectivity index (χ3v) is 5.27. The number of benzene rings is 1. The lowest BCUT2D eigenvalue weighted by atomic mass is 10.1. The van der Waals surface area contributed by atoms with Gasteiger partial charge < -0.3 is 8.82 Å². The van der Waals surface area contributed by atoms with Crippen LogP contribution in [0.25, 0.3) is 16.8 Å². The molecule has 0 radical (unpaired) electrons. The summed E-state index contributed by atoms with van der Waals surface area (Å²) < 4.78 is 47.2. The molecule has 0 amide bonds. The van der Waals surface area contributed by atoms with Crippen molar-refractivity contribution in [2.75, 3.05) is 6.54 Å². The van der Waals surface area contributed by atoms with Crippen LogP contribution < -0.4 is 0 Å². The maximum absolute atomic E-state index is 13.7. The number of Topliss-reactive ketones (excluding diaryl/α,β-unsaturated/α-hetero) is 1. The van der Waals surface area contributed by atoms with Crippen molar-refractivity contribution in [2.24, 2.45) is 0 Å². The Bertz CT molecular complexity index is 1220. The van der Waals surface area contributed by atoms with Gasteiger partial charge in [0.1, 0.15) is 11.3 Å². The maximum atomic E-state index is 13.7.